The Kier molecular flexibility index (Phi) is 5.15. The molecule has 0 radical (unpaired) electrons. The van der Waals surface area contributed by atoms with Gasteiger partial charge in [0.2, 0.25) is 17.7 Å². The van der Waals surface area contributed by atoms with Gasteiger partial charge in [0.1, 0.15) is 0 Å². The van der Waals surface area contributed by atoms with E-state index in [0.717, 1.165) is 23.4 Å². The molecule has 3 amide bonds. The molecule has 3 heterocycles. The van der Waals surface area contributed by atoms with Gasteiger partial charge in [-0.2, -0.15) is 0 Å². The van der Waals surface area contributed by atoms with Gasteiger partial charge in [0, 0.05) is 32.0 Å². The van der Waals surface area contributed by atoms with Crippen LogP contribution < -0.4 is 0 Å². The Morgan fingerprint density at radius 1 is 1.03 bits per heavy atom. The zero-order chi connectivity index (χ0) is 20.7. The second-order valence-corrected chi connectivity index (χ2v) is 9.47. The monoisotopic (exact) mass is 423 g/mol. The van der Waals surface area contributed by atoms with E-state index in [9.17, 15) is 14.4 Å². The molecule has 0 saturated carbocycles. The van der Waals surface area contributed by atoms with Crippen LogP contribution in [0.15, 0.2) is 36.4 Å². The van der Waals surface area contributed by atoms with Crippen LogP contribution in [0.2, 0.25) is 0 Å². The maximum absolute atomic E-state index is 12.7. The average Bonchev–Trinajstić information content (AvgIpc) is 3.32. The molecule has 0 spiro atoms. The zero-order valence-electron chi connectivity index (χ0n) is 16.8. The van der Waals surface area contributed by atoms with E-state index in [0.29, 0.717) is 31.8 Å². The van der Waals surface area contributed by atoms with E-state index in [4.69, 9.17) is 4.98 Å². The fraction of sp³-hybridized carbons (Fsp3) is 0.478. The van der Waals surface area contributed by atoms with Gasteiger partial charge in [-0.3, -0.25) is 19.3 Å². The topological polar surface area (TPSA) is 70.6 Å². The molecule has 0 bridgehead atoms. The molecular weight excluding hydrogens is 398 g/mol. The highest BCUT2D eigenvalue weighted by molar-refractivity contribution is 7.18. The Labute approximate surface area is 179 Å². The summed E-state index contributed by atoms with van der Waals surface area (Å²) < 4.78 is 1.21. The van der Waals surface area contributed by atoms with E-state index < -0.39 is 0 Å². The standard InChI is InChI=1S/C23H25N3O3S/c27-20(11-14-26-22(28)16-5-1-2-6-17(16)23(26)29)25-12-9-15(10-13-25)21-24-18-7-3-4-8-19(18)30-21/h1-4,7-8,15-17H,5-6,9-14H2. The van der Waals surface area contributed by atoms with Crippen molar-refractivity contribution in [1.29, 1.82) is 0 Å². The molecule has 5 rings (SSSR count). The Bertz CT molecular complexity index is 963. The van der Waals surface area contributed by atoms with E-state index in [2.05, 4.69) is 6.07 Å². The van der Waals surface area contributed by atoms with Gasteiger partial charge in [-0.05, 0) is 37.8 Å². The molecule has 2 fully saturated rings. The Morgan fingerprint density at radius 2 is 1.70 bits per heavy atom. The number of fused-ring (bicyclic) bond motifs is 2. The highest BCUT2D eigenvalue weighted by atomic mass is 32.1. The Morgan fingerprint density at radius 3 is 2.37 bits per heavy atom. The lowest BCUT2D eigenvalue weighted by Crippen LogP contribution is -2.40. The summed E-state index contributed by atoms with van der Waals surface area (Å²) in [4.78, 5) is 45.8. The molecule has 156 valence electrons. The van der Waals surface area contributed by atoms with Crippen LogP contribution in [-0.2, 0) is 14.4 Å². The summed E-state index contributed by atoms with van der Waals surface area (Å²) in [5, 5.41) is 1.16. The van der Waals surface area contributed by atoms with Gasteiger partial charge in [0.05, 0.1) is 27.1 Å². The fourth-order valence-electron chi connectivity index (χ4n) is 4.90. The predicted octanol–water partition coefficient (Wildman–Crippen LogP) is 3.34. The summed E-state index contributed by atoms with van der Waals surface area (Å²) in [6.45, 7) is 1.62. The van der Waals surface area contributed by atoms with Gasteiger partial charge in [0.15, 0.2) is 0 Å². The van der Waals surface area contributed by atoms with Gasteiger partial charge in [-0.1, -0.05) is 24.3 Å². The van der Waals surface area contributed by atoms with Crippen molar-refractivity contribution in [3.63, 3.8) is 0 Å². The number of aromatic nitrogens is 1. The normalized spacial score (nSPS) is 24.7. The number of carbonyl (C=O) groups is 3. The molecule has 3 aliphatic rings. The van der Waals surface area contributed by atoms with Crippen LogP contribution in [0.1, 0.15) is 43.0 Å². The number of hydrogen-bond acceptors (Lipinski definition) is 5. The van der Waals surface area contributed by atoms with Gasteiger partial charge in [0.25, 0.3) is 0 Å². The van der Waals surface area contributed by atoms with E-state index in [-0.39, 0.29) is 42.5 Å². The second-order valence-electron chi connectivity index (χ2n) is 8.41. The van der Waals surface area contributed by atoms with E-state index in [1.165, 1.54) is 9.60 Å². The molecule has 2 aromatic rings. The van der Waals surface area contributed by atoms with Crippen LogP contribution in [0.25, 0.3) is 10.2 Å². The summed E-state index contributed by atoms with van der Waals surface area (Å²) in [6.07, 6.45) is 7.27. The van der Waals surface area contributed by atoms with Crippen molar-refractivity contribution in [3.05, 3.63) is 41.4 Å². The molecular formula is C23H25N3O3S. The minimum absolute atomic E-state index is 0.0337. The fourth-order valence-corrected chi connectivity index (χ4v) is 6.03. The van der Waals surface area contributed by atoms with E-state index >= 15 is 0 Å². The number of likely N-dealkylation sites (tertiary alicyclic amines) is 2. The number of imide groups is 1. The van der Waals surface area contributed by atoms with Crippen LogP contribution in [0, 0.1) is 11.8 Å². The van der Waals surface area contributed by atoms with Crippen molar-refractivity contribution in [2.75, 3.05) is 19.6 Å². The Balaban J connectivity index is 1.15. The lowest BCUT2D eigenvalue weighted by molar-refractivity contribution is -0.141. The number of piperidine rings is 1. The van der Waals surface area contributed by atoms with Crippen molar-refractivity contribution in [3.8, 4) is 0 Å². The minimum Gasteiger partial charge on any atom is -0.343 e. The first-order valence-electron chi connectivity index (χ1n) is 10.8. The van der Waals surface area contributed by atoms with Crippen LogP contribution in [0.3, 0.4) is 0 Å². The van der Waals surface area contributed by atoms with Gasteiger partial charge >= 0.3 is 0 Å². The summed E-state index contributed by atoms with van der Waals surface area (Å²) in [6, 6.07) is 8.19. The van der Waals surface area contributed by atoms with Crippen LogP contribution in [-0.4, -0.2) is 52.1 Å². The van der Waals surface area contributed by atoms with Gasteiger partial charge in [-0.25, -0.2) is 4.98 Å². The maximum atomic E-state index is 12.7. The lowest BCUT2D eigenvalue weighted by Gasteiger charge is -2.31. The lowest BCUT2D eigenvalue weighted by atomic mass is 9.85. The van der Waals surface area contributed by atoms with Gasteiger partial charge in [-0.15, -0.1) is 11.3 Å². The molecule has 2 atom stereocenters. The molecule has 30 heavy (non-hydrogen) atoms. The molecule has 0 N–H and O–H groups in total. The summed E-state index contributed by atoms with van der Waals surface area (Å²) in [5.41, 5.74) is 1.05. The van der Waals surface area contributed by atoms with Crippen LogP contribution in [0.4, 0.5) is 0 Å². The van der Waals surface area contributed by atoms with Crippen LogP contribution >= 0.6 is 11.3 Å². The SMILES string of the molecule is O=C(CCN1C(=O)C2CC=CCC2C1=O)N1CCC(c2nc3ccccc3s2)CC1. The highest BCUT2D eigenvalue weighted by Gasteiger charge is 2.47. The molecule has 1 aromatic heterocycles. The van der Waals surface area contributed by atoms with Crippen molar-refractivity contribution >= 4 is 39.3 Å². The summed E-state index contributed by atoms with van der Waals surface area (Å²) in [5.74, 6) is -0.215. The molecule has 7 heteroatoms. The molecule has 1 aromatic carbocycles. The first-order valence-corrected chi connectivity index (χ1v) is 11.6. The minimum atomic E-state index is -0.220. The first-order chi connectivity index (χ1) is 14.6. The number of thiazole rings is 1. The number of benzene rings is 1. The second kappa shape index (κ2) is 7.95. The number of amides is 3. The highest BCUT2D eigenvalue weighted by Crippen LogP contribution is 2.36. The maximum Gasteiger partial charge on any atom is 0.233 e. The smallest absolute Gasteiger partial charge is 0.233 e. The molecule has 2 aliphatic heterocycles. The summed E-state index contributed by atoms with van der Waals surface area (Å²) in [7, 11) is 0. The van der Waals surface area contributed by atoms with Crippen molar-refractivity contribution in [2.45, 2.75) is 38.0 Å². The summed E-state index contributed by atoms with van der Waals surface area (Å²) >= 11 is 1.75. The van der Waals surface area contributed by atoms with Gasteiger partial charge < -0.3 is 4.90 Å². The van der Waals surface area contributed by atoms with Crippen LogP contribution in [0.5, 0.6) is 0 Å². The first kappa shape index (κ1) is 19.4. The van der Waals surface area contributed by atoms with E-state index in [1.807, 2.05) is 35.3 Å². The molecule has 2 unspecified atom stereocenters. The average molecular weight is 424 g/mol. The molecule has 1 aliphatic carbocycles. The predicted molar refractivity (Wildman–Crippen MR) is 115 cm³/mol. The third kappa shape index (κ3) is 3.45. The number of allylic oxidation sites excluding steroid dienone is 2. The number of rotatable bonds is 4. The number of nitrogens with zero attached hydrogens (tertiary/aromatic N) is 3. The molecule has 2 saturated heterocycles. The third-order valence-electron chi connectivity index (χ3n) is 6.66. The Hall–Kier alpha value is -2.54. The van der Waals surface area contributed by atoms with Crippen molar-refractivity contribution in [2.24, 2.45) is 11.8 Å². The van der Waals surface area contributed by atoms with E-state index in [1.54, 1.807) is 11.3 Å². The quantitative estimate of drug-likeness (QED) is 0.559. The number of carbonyl (C=O) groups excluding carboxylic acids is 3. The number of hydrogen-bond donors (Lipinski definition) is 0. The number of para-hydroxylation sites is 1. The van der Waals surface area contributed by atoms with Crippen molar-refractivity contribution < 1.29 is 14.4 Å². The van der Waals surface area contributed by atoms with Crippen molar-refractivity contribution in [1.82, 2.24) is 14.8 Å². The zero-order valence-corrected chi connectivity index (χ0v) is 17.6. The largest absolute Gasteiger partial charge is 0.343 e. The molecule has 6 nitrogen and oxygen atoms in total. The third-order valence-corrected chi connectivity index (χ3v) is 7.85.